The minimum absolute atomic E-state index is 0.0280. The van der Waals surface area contributed by atoms with Gasteiger partial charge in [0.05, 0.1) is 6.61 Å². The van der Waals surface area contributed by atoms with Gasteiger partial charge in [-0.1, -0.05) is 30.3 Å². The van der Waals surface area contributed by atoms with Crippen LogP contribution in [0, 0.1) is 11.7 Å². The number of ether oxygens (including phenoxy) is 1. The second kappa shape index (κ2) is 9.16. The number of para-hydroxylation sites is 2. The lowest BCUT2D eigenvalue weighted by atomic mass is 9.89. The lowest BCUT2D eigenvalue weighted by Gasteiger charge is -2.24. The zero-order valence-corrected chi connectivity index (χ0v) is 15.0. The highest BCUT2D eigenvalue weighted by Crippen LogP contribution is 2.27. The van der Waals surface area contributed by atoms with Gasteiger partial charge in [0.15, 0.2) is 11.6 Å². The highest BCUT2D eigenvalue weighted by molar-refractivity contribution is 5.96. The minimum Gasteiger partial charge on any atom is -0.490 e. The zero-order chi connectivity index (χ0) is 19.1. The molecule has 0 aliphatic carbocycles. The highest BCUT2D eigenvalue weighted by Gasteiger charge is 2.26. The van der Waals surface area contributed by atoms with Crippen molar-refractivity contribution in [2.24, 2.45) is 5.92 Å². The first-order chi connectivity index (χ1) is 13.1. The lowest BCUT2D eigenvalue weighted by Crippen LogP contribution is -2.32. The van der Waals surface area contributed by atoms with E-state index in [1.54, 1.807) is 18.2 Å². The fraction of sp³-hybridized carbons (Fsp3) is 0.333. The average Bonchev–Trinajstić information content (AvgIpc) is 2.67. The Hall–Kier alpha value is -2.89. The molecule has 2 aromatic rings. The van der Waals surface area contributed by atoms with E-state index in [1.807, 2.05) is 24.3 Å². The molecule has 2 N–H and O–H groups in total. The molecule has 1 atom stereocenters. The van der Waals surface area contributed by atoms with Gasteiger partial charge in [-0.25, -0.2) is 4.39 Å². The van der Waals surface area contributed by atoms with Crippen LogP contribution in [-0.4, -0.2) is 25.0 Å². The van der Waals surface area contributed by atoms with Crippen molar-refractivity contribution < 1.29 is 18.7 Å². The largest absolute Gasteiger partial charge is 0.490 e. The van der Waals surface area contributed by atoms with Crippen molar-refractivity contribution in [2.75, 3.05) is 18.5 Å². The second-order valence-electron chi connectivity index (χ2n) is 6.57. The smallest absolute Gasteiger partial charge is 0.227 e. The number of rotatable bonds is 8. The van der Waals surface area contributed by atoms with Gasteiger partial charge in [0.2, 0.25) is 11.8 Å². The number of halogens is 1. The molecule has 2 aromatic carbocycles. The molecule has 1 aliphatic heterocycles. The molecular weight excluding hydrogens is 347 g/mol. The summed E-state index contributed by atoms with van der Waals surface area (Å²) >= 11 is 0. The van der Waals surface area contributed by atoms with E-state index < -0.39 is 5.82 Å². The fourth-order valence-corrected chi connectivity index (χ4v) is 3.08. The van der Waals surface area contributed by atoms with Crippen molar-refractivity contribution in [3.05, 3.63) is 59.9 Å². The molecule has 5 nitrogen and oxygen atoms in total. The van der Waals surface area contributed by atoms with Gasteiger partial charge < -0.3 is 15.4 Å². The van der Waals surface area contributed by atoms with Crippen LogP contribution < -0.4 is 15.4 Å². The summed E-state index contributed by atoms with van der Waals surface area (Å²) in [4.78, 5) is 24.1. The van der Waals surface area contributed by atoms with Gasteiger partial charge in [0.1, 0.15) is 0 Å². The number of fused-ring (bicyclic) bond motifs is 1. The Morgan fingerprint density at radius 3 is 2.81 bits per heavy atom. The Morgan fingerprint density at radius 2 is 1.96 bits per heavy atom. The Bertz CT molecular complexity index is 810. The molecule has 1 unspecified atom stereocenters. The van der Waals surface area contributed by atoms with Crippen LogP contribution in [0.5, 0.6) is 5.75 Å². The van der Waals surface area contributed by atoms with Gasteiger partial charge in [-0.15, -0.1) is 0 Å². The van der Waals surface area contributed by atoms with Crippen molar-refractivity contribution in [1.82, 2.24) is 5.32 Å². The molecule has 0 aromatic heterocycles. The summed E-state index contributed by atoms with van der Waals surface area (Å²) in [6.07, 6.45) is 2.05. The maximum atomic E-state index is 13.4. The van der Waals surface area contributed by atoms with Gasteiger partial charge in [-0.3, -0.25) is 9.59 Å². The van der Waals surface area contributed by atoms with Crippen molar-refractivity contribution in [1.29, 1.82) is 0 Å². The summed E-state index contributed by atoms with van der Waals surface area (Å²) in [6, 6.07) is 14.0. The molecule has 0 fully saturated rings. The molecule has 27 heavy (non-hydrogen) atoms. The third kappa shape index (κ3) is 5.29. The third-order valence-electron chi connectivity index (χ3n) is 4.57. The van der Waals surface area contributed by atoms with Crippen LogP contribution in [0.1, 0.15) is 24.8 Å². The van der Waals surface area contributed by atoms with E-state index in [9.17, 15) is 14.0 Å². The molecule has 0 spiro atoms. The predicted molar refractivity (Wildman–Crippen MR) is 101 cm³/mol. The van der Waals surface area contributed by atoms with Gasteiger partial charge >= 0.3 is 0 Å². The number of nitrogens with one attached hydrogen (secondary N) is 2. The first-order valence-electron chi connectivity index (χ1n) is 9.16. The van der Waals surface area contributed by atoms with Crippen molar-refractivity contribution in [3.63, 3.8) is 0 Å². The number of amides is 2. The Balaban J connectivity index is 1.33. The van der Waals surface area contributed by atoms with E-state index in [2.05, 4.69) is 10.6 Å². The van der Waals surface area contributed by atoms with Crippen LogP contribution in [0.3, 0.4) is 0 Å². The topological polar surface area (TPSA) is 67.4 Å². The molecule has 0 saturated heterocycles. The summed E-state index contributed by atoms with van der Waals surface area (Å²) < 4.78 is 18.7. The number of benzene rings is 2. The second-order valence-corrected chi connectivity index (χ2v) is 6.57. The lowest BCUT2D eigenvalue weighted by molar-refractivity contribution is -0.122. The molecule has 0 bridgehead atoms. The number of anilines is 1. The van der Waals surface area contributed by atoms with Crippen LogP contribution in [0.25, 0.3) is 0 Å². The summed E-state index contributed by atoms with van der Waals surface area (Å²) in [7, 11) is 0. The number of hydrogen-bond donors (Lipinski definition) is 2. The highest BCUT2D eigenvalue weighted by atomic mass is 19.1. The third-order valence-corrected chi connectivity index (χ3v) is 4.57. The first-order valence-corrected chi connectivity index (χ1v) is 9.16. The normalized spacial score (nSPS) is 15.6. The maximum Gasteiger partial charge on any atom is 0.227 e. The van der Waals surface area contributed by atoms with Crippen molar-refractivity contribution in [3.8, 4) is 5.75 Å². The van der Waals surface area contributed by atoms with E-state index in [0.717, 1.165) is 11.3 Å². The van der Waals surface area contributed by atoms with Crippen LogP contribution in [-0.2, 0) is 16.0 Å². The van der Waals surface area contributed by atoms with Crippen LogP contribution in [0.15, 0.2) is 48.5 Å². The molecule has 142 valence electrons. The first kappa shape index (κ1) is 18.9. The van der Waals surface area contributed by atoms with Crippen LogP contribution in [0.2, 0.25) is 0 Å². The molecule has 0 radical (unpaired) electrons. The zero-order valence-electron chi connectivity index (χ0n) is 15.0. The summed E-state index contributed by atoms with van der Waals surface area (Å²) in [6.45, 7) is 0.774. The monoisotopic (exact) mass is 370 g/mol. The van der Waals surface area contributed by atoms with E-state index in [1.165, 1.54) is 6.07 Å². The molecular formula is C21H23FN2O3. The molecule has 0 saturated carbocycles. The number of carbonyl (C=O) groups is 2. The van der Waals surface area contributed by atoms with E-state index in [-0.39, 0.29) is 23.5 Å². The summed E-state index contributed by atoms with van der Waals surface area (Å²) in [5, 5.41) is 5.71. The minimum atomic E-state index is -0.395. The Kier molecular flexibility index (Phi) is 6.41. The van der Waals surface area contributed by atoms with E-state index in [0.29, 0.717) is 38.8 Å². The standard InChI is InChI=1S/C21H23FN2O3/c22-17-7-2-4-9-19(17)27-13-5-12-23-20(25)11-10-16-14-15-6-1-3-8-18(15)24-21(16)26/h1-4,6-9,16H,5,10-14H2,(H,23,25)(H,24,26). The molecule has 1 heterocycles. The average molecular weight is 370 g/mol. The Labute approximate surface area is 157 Å². The fourth-order valence-electron chi connectivity index (χ4n) is 3.08. The van der Waals surface area contributed by atoms with Gasteiger partial charge in [0.25, 0.3) is 0 Å². The maximum absolute atomic E-state index is 13.4. The van der Waals surface area contributed by atoms with Crippen LogP contribution >= 0.6 is 0 Å². The van der Waals surface area contributed by atoms with Crippen molar-refractivity contribution >= 4 is 17.5 Å². The molecule has 6 heteroatoms. The van der Waals surface area contributed by atoms with Gasteiger partial charge in [0, 0.05) is 24.6 Å². The SMILES string of the molecule is O=C(CCC1Cc2ccccc2NC1=O)NCCCOc1ccccc1F. The molecule has 3 rings (SSSR count). The van der Waals surface area contributed by atoms with Crippen LogP contribution in [0.4, 0.5) is 10.1 Å². The van der Waals surface area contributed by atoms with Gasteiger partial charge in [-0.2, -0.15) is 0 Å². The quantitative estimate of drug-likeness (QED) is 0.701. The van der Waals surface area contributed by atoms with Crippen molar-refractivity contribution in [2.45, 2.75) is 25.7 Å². The van der Waals surface area contributed by atoms with E-state index in [4.69, 9.17) is 4.74 Å². The van der Waals surface area contributed by atoms with E-state index >= 15 is 0 Å². The molecule has 2 amide bonds. The Morgan fingerprint density at radius 1 is 1.19 bits per heavy atom. The summed E-state index contributed by atoms with van der Waals surface area (Å²) in [5.74, 6) is -0.483. The molecule has 1 aliphatic rings. The predicted octanol–water partition coefficient (Wildman–Crippen LogP) is 3.30. The number of hydrogen-bond acceptors (Lipinski definition) is 3. The number of carbonyl (C=O) groups excluding carboxylic acids is 2. The van der Waals surface area contributed by atoms with Gasteiger partial charge in [-0.05, 0) is 43.0 Å². The summed E-state index contributed by atoms with van der Waals surface area (Å²) in [5.41, 5.74) is 1.96.